The zero-order chi connectivity index (χ0) is 10.5. The van der Waals surface area contributed by atoms with Crippen LogP contribution in [0.4, 0.5) is 0 Å². The van der Waals surface area contributed by atoms with Crippen molar-refractivity contribution in [3.63, 3.8) is 0 Å². The van der Waals surface area contributed by atoms with Crippen molar-refractivity contribution in [2.24, 2.45) is 0 Å². The van der Waals surface area contributed by atoms with Crippen molar-refractivity contribution in [2.75, 3.05) is 0 Å². The first-order chi connectivity index (χ1) is 7.38. The second kappa shape index (κ2) is 4.75. The third-order valence-corrected chi connectivity index (χ3v) is 2.16. The molecule has 1 aliphatic carbocycles. The lowest BCUT2D eigenvalue weighted by Crippen LogP contribution is -1.96. The van der Waals surface area contributed by atoms with E-state index < -0.39 is 0 Å². The number of rotatable bonds is 3. The lowest BCUT2D eigenvalue weighted by molar-refractivity contribution is 0.276. The fourth-order valence-electron chi connectivity index (χ4n) is 1.37. The number of aromatic nitrogens is 1. The number of allylic oxidation sites excluding steroid dienone is 3. The summed E-state index contributed by atoms with van der Waals surface area (Å²) in [5, 5.41) is 8.82. The van der Waals surface area contributed by atoms with Gasteiger partial charge in [-0.1, -0.05) is 6.08 Å². The van der Waals surface area contributed by atoms with Crippen molar-refractivity contribution in [3.05, 3.63) is 48.0 Å². The molecule has 1 N–H and O–H groups in total. The van der Waals surface area contributed by atoms with Gasteiger partial charge in [0.15, 0.2) is 0 Å². The molecule has 1 heterocycles. The fourth-order valence-corrected chi connectivity index (χ4v) is 1.37. The number of ether oxygens (including phenoxy) is 1. The Morgan fingerprint density at radius 1 is 1.33 bits per heavy atom. The van der Waals surface area contributed by atoms with E-state index in [1.54, 1.807) is 12.3 Å². The minimum absolute atomic E-state index is 0.0388. The molecule has 0 radical (unpaired) electrons. The molecule has 0 fully saturated rings. The Kier molecular flexibility index (Phi) is 3.15. The van der Waals surface area contributed by atoms with Gasteiger partial charge in [0, 0.05) is 0 Å². The van der Waals surface area contributed by atoms with Crippen LogP contribution in [0.25, 0.3) is 0 Å². The summed E-state index contributed by atoms with van der Waals surface area (Å²) in [6, 6.07) is 3.56. The average Bonchev–Trinajstić information content (AvgIpc) is 2.31. The maximum Gasteiger partial charge on any atom is 0.145 e. The van der Waals surface area contributed by atoms with E-state index in [9.17, 15) is 0 Å². The molecule has 2 rings (SSSR count). The van der Waals surface area contributed by atoms with E-state index in [1.807, 2.05) is 12.1 Å². The van der Waals surface area contributed by atoms with Crippen LogP contribution in [-0.4, -0.2) is 10.1 Å². The largest absolute Gasteiger partial charge is 0.456 e. The molecule has 1 aliphatic rings. The molecule has 0 spiro atoms. The highest BCUT2D eigenvalue weighted by Gasteiger charge is 2.01. The van der Waals surface area contributed by atoms with E-state index in [0.29, 0.717) is 11.4 Å². The highest BCUT2D eigenvalue weighted by Crippen LogP contribution is 2.16. The van der Waals surface area contributed by atoms with E-state index in [-0.39, 0.29) is 6.61 Å². The summed E-state index contributed by atoms with van der Waals surface area (Å²) < 4.78 is 5.58. The summed E-state index contributed by atoms with van der Waals surface area (Å²) in [5.74, 6) is 1.56. The summed E-state index contributed by atoms with van der Waals surface area (Å²) in [4.78, 5) is 4.04. The summed E-state index contributed by atoms with van der Waals surface area (Å²) in [7, 11) is 0. The second-order valence-electron chi connectivity index (χ2n) is 3.33. The molecule has 78 valence electrons. The van der Waals surface area contributed by atoms with Crippen LogP contribution in [0.15, 0.2) is 42.3 Å². The molecule has 0 unspecified atom stereocenters. The molecule has 3 nitrogen and oxygen atoms in total. The van der Waals surface area contributed by atoms with Crippen LogP contribution < -0.4 is 4.74 Å². The van der Waals surface area contributed by atoms with E-state index in [1.165, 1.54) is 0 Å². The Bertz CT molecular complexity index is 379. The standard InChI is InChI=1S/C12H13NO2/c14-9-10-6-7-12(8-13-10)15-11-4-2-1-3-5-11/h2,4-8,14H,1,3,9H2. The van der Waals surface area contributed by atoms with Gasteiger partial charge >= 0.3 is 0 Å². The monoisotopic (exact) mass is 203 g/mol. The first kappa shape index (κ1) is 9.93. The van der Waals surface area contributed by atoms with E-state index >= 15 is 0 Å². The molecule has 3 heteroatoms. The summed E-state index contributed by atoms with van der Waals surface area (Å²) in [6.45, 7) is -0.0388. The molecule has 0 amide bonds. The number of nitrogens with zero attached hydrogens (tertiary/aromatic N) is 1. The highest BCUT2D eigenvalue weighted by atomic mass is 16.5. The number of pyridine rings is 1. The minimum Gasteiger partial charge on any atom is -0.456 e. The Morgan fingerprint density at radius 3 is 2.87 bits per heavy atom. The smallest absolute Gasteiger partial charge is 0.145 e. The number of hydrogen-bond acceptors (Lipinski definition) is 3. The van der Waals surface area contributed by atoms with Crippen molar-refractivity contribution in [1.29, 1.82) is 0 Å². The number of aliphatic hydroxyl groups is 1. The molecule has 0 saturated carbocycles. The molecular weight excluding hydrogens is 190 g/mol. The van der Waals surface area contributed by atoms with Crippen molar-refractivity contribution >= 4 is 0 Å². The van der Waals surface area contributed by atoms with Crippen molar-refractivity contribution < 1.29 is 9.84 Å². The van der Waals surface area contributed by atoms with E-state index in [2.05, 4.69) is 17.1 Å². The Hall–Kier alpha value is -1.61. The van der Waals surface area contributed by atoms with Crippen LogP contribution in [0, 0.1) is 0 Å². The Morgan fingerprint density at radius 2 is 2.27 bits per heavy atom. The van der Waals surface area contributed by atoms with Gasteiger partial charge in [0.25, 0.3) is 0 Å². The summed E-state index contributed by atoms with van der Waals surface area (Å²) in [5.41, 5.74) is 0.649. The van der Waals surface area contributed by atoms with Crippen LogP contribution in [0.1, 0.15) is 18.5 Å². The van der Waals surface area contributed by atoms with Gasteiger partial charge in [-0.2, -0.15) is 0 Å². The minimum atomic E-state index is -0.0388. The predicted molar refractivity (Wildman–Crippen MR) is 57.2 cm³/mol. The second-order valence-corrected chi connectivity index (χ2v) is 3.33. The first-order valence-electron chi connectivity index (χ1n) is 4.99. The summed E-state index contributed by atoms with van der Waals surface area (Å²) in [6.07, 6.45) is 9.83. The zero-order valence-electron chi connectivity index (χ0n) is 8.39. The lowest BCUT2D eigenvalue weighted by Gasteiger charge is -2.09. The third-order valence-electron chi connectivity index (χ3n) is 2.16. The highest BCUT2D eigenvalue weighted by molar-refractivity contribution is 5.26. The van der Waals surface area contributed by atoms with Crippen LogP contribution in [0.2, 0.25) is 0 Å². The lowest BCUT2D eigenvalue weighted by atomic mass is 10.2. The molecule has 0 bridgehead atoms. The molecule has 0 aromatic carbocycles. The fraction of sp³-hybridized carbons (Fsp3) is 0.250. The van der Waals surface area contributed by atoms with Crippen molar-refractivity contribution in [2.45, 2.75) is 19.4 Å². The predicted octanol–water partition coefficient (Wildman–Crippen LogP) is 2.19. The van der Waals surface area contributed by atoms with Crippen LogP contribution >= 0.6 is 0 Å². The molecule has 15 heavy (non-hydrogen) atoms. The molecule has 0 aliphatic heterocycles. The topological polar surface area (TPSA) is 42.4 Å². The SMILES string of the molecule is OCc1ccc(OC2=CCCC=C2)cn1. The number of hydrogen-bond donors (Lipinski definition) is 1. The average molecular weight is 203 g/mol. The molecule has 1 aromatic heterocycles. The molecular formula is C12H13NO2. The van der Waals surface area contributed by atoms with Crippen molar-refractivity contribution in [1.82, 2.24) is 4.98 Å². The van der Waals surface area contributed by atoms with Gasteiger partial charge in [-0.25, -0.2) is 0 Å². The molecule has 0 atom stereocenters. The van der Waals surface area contributed by atoms with Crippen LogP contribution in [-0.2, 0) is 6.61 Å². The van der Waals surface area contributed by atoms with E-state index in [0.717, 1.165) is 18.6 Å². The van der Waals surface area contributed by atoms with Crippen LogP contribution in [0.3, 0.4) is 0 Å². The zero-order valence-corrected chi connectivity index (χ0v) is 8.39. The molecule has 0 saturated heterocycles. The number of aliphatic hydroxyl groups excluding tert-OH is 1. The van der Waals surface area contributed by atoms with Gasteiger partial charge in [-0.05, 0) is 37.1 Å². The Labute approximate surface area is 88.7 Å². The molecule has 1 aromatic rings. The van der Waals surface area contributed by atoms with Gasteiger partial charge in [-0.15, -0.1) is 0 Å². The van der Waals surface area contributed by atoms with Gasteiger partial charge in [0.05, 0.1) is 18.5 Å². The quantitative estimate of drug-likeness (QED) is 0.818. The van der Waals surface area contributed by atoms with Gasteiger partial charge in [-0.3, -0.25) is 4.98 Å². The van der Waals surface area contributed by atoms with Gasteiger partial charge in [0.2, 0.25) is 0 Å². The first-order valence-corrected chi connectivity index (χ1v) is 4.99. The summed E-state index contributed by atoms with van der Waals surface area (Å²) >= 11 is 0. The van der Waals surface area contributed by atoms with E-state index in [4.69, 9.17) is 9.84 Å². The van der Waals surface area contributed by atoms with Crippen molar-refractivity contribution in [3.8, 4) is 5.75 Å². The third kappa shape index (κ3) is 2.67. The van der Waals surface area contributed by atoms with Gasteiger partial charge in [0.1, 0.15) is 11.5 Å². The maximum absolute atomic E-state index is 8.82. The maximum atomic E-state index is 8.82. The van der Waals surface area contributed by atoms with Gasteiger partial charge < -0.3 is 9.84 Å². The van der Waals surface area contributed by atoms with Crippen LogP contribution in [0.5, 0.6) is 5.75 Å². The normalized spacial score (nSPS) is 14.9. The Balaban J connectivity index is 2.04.